The fourth-order valence-electron chi connectivity index (χ4n) is 2.63. The molecule has 0 aromatic rings. The highest BCUT2D eigenvalue weighted by Gasteiger charge is 2.53. The second-order valence-electron chi connectivity index (χ2n) is 4.38. The number of esters is 1. The number of carbonyl (C=O) groups is 1. The first kappa shape index (κ1) is 11.8. The molecule has 2 fully saturated rings. The molecule has 0 amide bonds. The van der Waals surface area contributed by atoms with Crippen molar-refractivity contribution in [2.75, 3.05) is 26.4 Å². The van der Waals surface area contributed by atoms with Crippen LogP contribution < -0.4 is 5.73 Å². The van der Waals surface area contributed by atoms with Crippen LogP contribution in [0.25, 0.3) is 0 Å². The van der Waals surface area contributed by atoms with Gasteiger partial charge in [0, 0.05) is 32.1 Å². The molecule has 92 valence electrons. The third-order valence-corrected chi connectivity index (χ3v) is 3.44. The van der Waals surface area contributed by atoms with Gasteiger partial charge in [-0.1, -0.05) is 0 Å². The Labute approximate surface area is 95.2 Å². The lowest BCUT2D eigenvalue weighted by molar-refractivity contribution is -0.161. The molecule has 0 bridgehead atoms. The number of carbonyl (C=O) groups excluding carboxylic acids is 1. The van der Waals surface area contributed by atoms with Gasteiger partial charge in [-0.2, -0.15) is 0 Å². The van der Waals surface area contributed by atoms with E-state index >= 15 is 0 Å². The van der Waals surface area contributed by atoms with Gasteiger partial charge >= 0.3 is 5.97 Å². The third-order valence-electron chi connectivity index (χ3n) is 3.44. The molecule has 1 spiro atoms. The molecule has 2 rings (SSSR count). The monoisotopic (exact) mass is 229 g/mol. The van der Waals surface area contributed by atoms with Gasteiger partial charge in [0.2, 0.25) is 0 Å². The molecule has 0 aliphatic carbocycles. The largest absolute Gasteiger partial charge is 0.466 e. The summed E-state index contributed by atoms with van der Waals surface area (Å²) in [6.45, 7) is 3.87. The Hall–Kier alpha value is -0.650. The average Bonchev–Trinajstić information content (AvgIpc) is 2.57. The van der Waals surface area contributed by atoms with Crippen LogP contribution in [0.15, 0.2) is 0 Å². The average molecular weight is 229 g/mol. The van der Waals surface area contributed by atoms with Gasteiger partial charge in [0.05, 0.1) is 18.8 Å². The van der Waals surface area contributed by atoms with E-state index in [1.54, 1.807) is 6.92 Å². The first-order valence-electron chi connectivity index (χ1n) is 5.83. The standard InChI is InChI=1S/C11H19NO4/c1-2-15-10(13)9-8(12)7-16-11(9)3-5-14-6-4-11/h8-9H,2-7,12H2,1H3. The van der Waals surface area contributed by atoms with E-state index in [0.29, 0.717) is 26.4 Å². The van der Waals surface area contributed by atoms with Gasteiger partial charge in [-0.15, -0.1) is 0 Å². The summed E-state index contributed by atoms with van der Waals surface area (Å²) in [6, 6.07) is -0.253. The van der Waals surface area contributed by atoms with E-state index in [1.165, 1.54) is 0 Å². The molecule has 2 atom stereocenters. The molecule has 0 aromatic carbocycles. The molecule has 0 radical (unpaired) electrons. The lowest BCUT2D eigenvalue weighted by Gasteiger charge is -2.36. The van der Waals surface area contributed by atoms with Gasteiger partial charge in [0.25, 0.3) is 0 Å². The van der Waals surface area contributed by atoms with Gasteiger partial charge in [-0.3, -0.25) is 4.79 Å². The topological polar surface area (TPSA) is 70.8 Å². The van der Waals surface area contributed by atoms with E-state index in [2.05, 4.69) is 0 Å². The summed E-state index contributed by atoms with van der Waals surface area (Å²) in [5, 5.41) is 0. The van der Waals surface area contributed by atoms with Crippen LogP contribution in [0, 0.1) is 5.92 Å². The van der Waals surface area contributed by atoms with Crippen molar-refractivity contribution in [3.05, 3.63) is 0 Å². The van der Waals surface area contributed by atoms with Gasteiger partial charge in [0.15, 0.2) is 0 Å². The lowest BCUT2D eigenvalue weighted by atomic mass is 9.79. The Morgan fingerprint density at radius 1 is 1.50 bits per heavy atom. The summed E-state index contributed by atoms with van der Waals surface area (Å²) in [5.41, 5.74) is 5.51. The van der Waals surface area contributed by atoms with Crippen molar-refractivity contribution in [2.45, 2.75) is 31.4 Å². The maximum atomic E-state index is 11.9. The second-order valence-corrected chi connectivity index (χ2v) is 4.38. The number of hydrogen-bond acceptors (Lipinski definition) is 5. The molecule has 2 unspecified atom stereocenters. The first-order valence-corrected chi connectivity index (χ1v) is 5.83. The highest BCUT2D eigenvalue weighted by atomic mass is 16.5. The molecule has 0 saturated carbocycles. The van der Waals surface area contributed by atoms with Crippen LogP contribution in [0.2, 0.25) is 0 Å². The van der Waals surface area contributed by atoms with Crippen molar-refractivity contribution in [3.8, 4) is 0 Å². The van der Waals surface area contributed by atoms with Crippen LogP contribution in [-0.4, -0.2) is 44.0 Å². The smallest absolute Gasteiger partial charge is 0.313 e. The maximum absolute atomic E-state index is 11.9. The van der Waals surface area contributed by atoms with Crippen LogP contribution >= 0.6 is 0 Å². The van der Waals surface area contributed by atoms with Crippen LogP contribution in [-0.2, 0) is 19.0 Å². The quantitative estimate of drug-likeness (QED) is 0.679. The molecule has 5 nitrogen and oxygen atoms in total. The van der Waals surface area contributed by atoms with E-state index in [4.69, 9.17) is 19.9 Å². The SMILES string of the molecule is CCOC(=O)C1C(N)COC12CCOCC2. The first-order chi connectivity index (χ1) is 7.69. The van der Waals surface area contributed by atoms with E-state index < -0.39 is 5.60 Å². The molecular weight excluding hydrogens is 210 g/mol. The van der Waals surface area contributed by atoms with Crippen molar-refractivity contribution in [3.63, 3.8) is 0 Å². The van der Waals surface area contributed by atoms with Gasteiger partial charge in [-0.05, 0) is 6.92 Å². The second kappa shape index (κ2) is 4.69. The summed E-state index contributed by atoms with van der Waals surface area (Å²) in [5.74, 6) is -0.564. The maximum Gasteiger partial charge on any atom is 0.313 e. The van der Waals surface area contributed by atoms with Crippen LogP contribution in [0.5, 0.6) is 0 Å². The summed E-state index contributed by atoms with van der Waals surface area (Å²) in [7, 11) is 0. The van der Waals surface area contributed by atoms with E-state index in [9.17, 15) is 4.79 Å². The van der Waals surface area contributed by atoms with E-state index in [0.717, 1.165) is 12.8 Å². The predicted molar refractivity (Wildman–Crippen MR) is 56.8 cm³/mol. The lowest BCUT2D eigenvalue weighted by Crippen LogP contribution is -2.49. The third kappa shape index (κ3) is 1.95. The Morgan fingerprint density at radius 2 is 2.19 bits per heavy atom. The minimum Gasteiger partial charge on any atom is -0.466 e. The Morgan fingerprint density at radius 3 is 2.81 bits per heavy atom. The molecule has 0 aromatic heterocycles. The minimum atomic E-state index is -0.441. The zero-order valence-electron chi connectivity index (χ0n) is 9.61. The zero-order chi connectivity index (χ0) is 11.6. The van der Waals surface area contributed by atoms with E-state index in [-0.39, 0.29) is 17.9 Å². The number of hydrogen-bond donors (Lipinski definition) is 1. The molecule has 5 heteroatoms. The zero-order valence-corrected chi connectivity index (χ0v) is 9.61. The van der Waals surface area contributed by atoms with Crippen LogP contribution in [0.1, 0.15) is 19.8 Å². The molecule has 2 N–H and O–H groups in total. The van der Waals surface area contributed by atoms with Gasteiger partial charge in [0.1, 0.15) is 5.92 Å². The van der Waals surface area contributed by atoms with Crippen LogP contribution in [0.4, 0.5) is 0 Å². The summed E-state index contributed by atoms with van der Waals surface area (Å²) < 4.78 is 16.2. The van der Waals surface area contributed by atoms with E-state index in [1.807, 2.05) is 0 Å². The van der Waals surface area contributed by atoms with Crippen molar-refractivity contribution in [1.29, 1.82) is 0 Å². The molecule has 2 heterocycles. The van der Waals surface area contributed by atoms with Crippen molar-refractivity contribution < 1.29 is 19.0 Å². The summed E-state index contributed by atoms with van der Waals surface area (Å²) in [6.07, 6.45) is 1.45. The molecule has 2 aliphatic rings. The Kier molecular flexibility index (Phi) is 3.47. The number of ether oxygens (including phenoxy) is 3. The van der Waals surface area contributed by atoms with Gasteiger partial charge < -0.3 is 19.9 Å². The predicted octanol–water partition coefficient (Wildman–Crippen LogP) is 0.0724. The summed E-state index contributed by atoms with van der Waals surface area (Å²) >= 11 is 0. The normalized spacial score (nSPS) is 32.9. The molecule has 2 saturated heterocycles. The van der Waals surface area contributed by atoms with Crippen LogP contribution in [0.3, 0.4) is 0 Å². The molecular formula is C11H19NO4. The Balaban J connectivity index is 2.14. The van der Waals surface area contributed by atoms with Crippen molar-refractivity contribution in [2.24, 2.45) is 11.7 Å². The molecule has 16 heavy (non-hydrogen) atoms. The van der Waals surface area contributed by atoms with Crippen molar-refractivity contribution >= 4 is 5.97 Å². The molecule has 2 aliphatic heterocycles. The highest BCUT2D eigenvalue weighted by Crippen LogP contribution is 2.40. The fourth-order valence-corrected chi connectivity index (χ4v) is 2.63. The van der Waals surface area contributed by atoms with Crippen molar-refractivity contribution in [1.82, 2.24) is 0 Å². The van der Waals surface area contributed by atoms with Gasteiger partial charge in [-0.25, -0.2) is 0 Å². The number of rotatable bonds is 2. The number of nitrogens with two attached hydrogens (primary N) is 1. The highest BCUT2D eigenvalue weighted by molar-refractivity contribution is 5.75. The fraction of sp³-hybridized carbons (Fsp3) is 0.909. The Bertz CT molecular complexity index is 257. The minimum absolute atomic E-state index is 0.227. The summed E-state index contributed by atoms with van der Waals surface area (Å²) in [4.78, 5) is 11.9.